The number of rotatable bonds is 2. The van der Waals surface area contributed by atoms with E-state index in [0.717, 1.165) is 6.42 Å². The Labute approximate surface area is 151 Å². The highest BCUT2D eigenvalue weighted by Gasteiger charge is 2.36. The van der Waals surface area contributed by atoms with Gasteiger partial charge in [-0.3, -0.25) is 0 Å². The molecule has 0 atom stereocenters. The molecule has 0 fully saturated rings. The number of halogens is 1. The topological polar surface area (TPSA) is 0 Å². The summed E-state index contributed by atoms with van der Waals surface area (Å²) < 4.78 is 1.36. The van der Waals surface area contributed by atoms with Crippen molar-refractivity contribution in [3.8, 4) is 11.1 Å². The molecule has 4 rings (SSSR count). The summed E-state index contributed by atoms with van der Waals surface area (Å²) in [6.07, 6.45) is 0.997. The third-order valence-corrected chi connectivity index (χ3v) is 5.79. The molecule has 0 aromatic heterocycles. The molecular formula is C22H19I. The van der Waals surface area contributed by atoms with E-state index in [9.17, 15) is 0 Å². The Morgan fingerprint density at radius 3 is 2.26 bits per heavy atom. The average Bonchev–Trinajstić information content (AvgIpc) is 2.77. The molecule has 0 amide bonds. The van der Waals surface area contributed by atoms with E-state index in [2.05, 4.69) is 103 Å². The molecule has 0 heterocycles. The van der Waals surface area contributed by atoms with Gasteiger partial charge in [0, 0.05) is 8.99 Å². The highest BCUT2D eigenvalue weighted by atomic mass is 127. The second kappa shape index (κ2) is 5.48. The van der Waals surface area contributed by atoms with Crippen LogP contribution in [0.2, 0.25) is 0 Å². The predicted octanol–water partition coefficient (Wildman–Crippen LogP) is 6.19. The number of hydrogen-bond acceptors (Lipinski definition) is 0. The third kappa shape index (κ3) is 2.42. The van der Waals surface area contributed by atoms with Crippen molar-refractivity contribution in [1.82, 2.24) is 0 Å². The van der Waals surface area contributed by atoms with Gasteiger partial charge in [-0.05, 0) is 68.5 Å². The fourth-order valence-corrected chi connectivity index (χ4v) is 4.74. The van der Waals surface area contributed by atoms with Crippen molar-refractivity contribution in [1.29, 1.82) is 0 Å². The minimum atomic E-state index is 0.0819. The van der Waals surface area contributed by atoms with Gasteiger partial charge in [-0.1, -0.05) is 74.5 Å². The summed E-state index contributed by atoms with van der Waals surface area (Å²) >= 11 is 2.51. The van der Waals surface area contributed by atoms with Crippen molar-refractivity contribution < 1.29 is 0 Å². The molecule has 0 radical (unpaired) electrons. The van der Waals surface area contributed by atoms with E-state index in [-0.39, 0.29) is 5.41 Å². The van der Waals surface area contributed by atoms with Crippen molar-refractivity contribution in [2.24, 2.45) is 0 Å². The first-order chi connectivity index (χ1) is 11.1. The van der Waals surface area contributed by atoms with Gasteiger partial charge in [0.2, 0.25) is 0 Å². The molecule has 1 heteroatoms. The van der Waals surface area contributed by atoms with Gasteiger partial charge in [0.1, 0.15) is 0 Å². The van der Waals surface area contributed by atoms with Crippen LogP contribution in [0.4, 0.5) is 0 Å². The Morgan fingerprint density at radius 1 is 0.783 bits per heavy atom. The van der Waals surface area contributed by atoms with E-state index in [0.29, 0.717) is 0 Å². The monoisotopic (exact) mass is 410 g/mol. The van der Waals surface area contributed by atoms with E-state index in [1.807, 2.05) is 0 Å². The maximum atomic E-state index is 2.51. The Balaban J connectivity index is 1.85. The van der Waals surface area contributed by atoms with E-state index in [1.165, 1.54) is 37.0 Å². The van der Waals surface area contributed by atoms with E-state index >= 15 is 0 Å². The zero-order chi connectivity index (χ0) is 16.0. The molecule has 3 aromatic carbocycles. The SMILES string of the molecule is CC1(C)c2ccccc2-c2c(I)cc(Cc3ccccc3)cc21. The molecule has 0 aliphatic heterocycles. The highest BCUT2D eigenvalue weighted by Crippen LogP contribution is 2.50. The van der Waals surface area contributed by atoms with Gasteiger partial charge in [-0.15, -0.1) is 0 Å². The lowest BCUT2D eigenvalue weighted by Crippen LogP contribution is -2.15. The summed E-state index contributed by atoms with van der Waals surface area (Å²) in [5.74, 6) is 0. The molecule has 0 bridgehead atoms. The minimum absolute atomic E-state index is 0.0819. The van der Waals surface area contributed by atoms with E-state index < -0.39 is 0 Å². The van der Waals surface area contributed by atoms with E-state index in [1.54, 1.807) is 0 Å². The van der Waals surface area contributed by atoms with Crippen LogP contribution < -0.4 is 0 Å². The first-order valence-corrected chi connectivity index (χ1v) is 9.12. The van der Waals surface area contributed by atoms with Crippen LogP contribution in [0, 0.1) is 3.57 Å². The smallest absolute Gasteiger partial charge is 0.0214 e. The third-order valence-electron chi connectivity index (χ3n) is 4.94. The Kier molecular flexibility index (Phi) is 3.56. The van der Waals surface area contributed by atoms with Crippen LogP contribution in [-0.2, 0) is 11.8 Å². The van der Waals surface area contributed by atoms with Crippen LogP contribution in [0.15, 0.2) is 66.7 Å². The molecule has 0 spiro atoms. The van der Waals surface area contributed by atoms with Gasteiger partial charge in [-0.25, -0.2) is 0 Å². The maximum Gasteiger partial charge on any atom is 0.0214 e. The highest BCUT2D eigenvalue weighted by molar-refractivity contribution is 14.1. The van der Waals surface area contributed by atoms with Gasteiger partial charge in [-0.2, -0.15) is 0 Å². The Hall–Kier alpha value is -1.61. The maximum absolute atomic E-state index is 2.51. The number of benzene rings is 3. The quantitative estimate of drug-likeness (QED) is 0.442. The van der Waals surface area contributed by atoms with Crippen LogP contribution >= 0.6 is 22.6 Å². The average molecular weight is 410 g/mol. The minimum Gasteiger partial charge on any atom is -0.0622 e. The largest absolute Gasteiger partial charge is 0.0622 e. The molecule has 0 nitrogen and oxygen atoms in total. The van der Waals surface area contributed by atoms with Gasteiger partial charge in [0.05, 0.1) is 0 Å². The molecule has 1 aliphatic carbocycles. The van der Waals surface area contributed by atoms with Crippen LogP contribution in [0.5, 0.6) is 0 Å². The predicted molar refractivity (Wildman–Crippen MR) is 106 cm³/mol. The van der Waals surface area contributed by atoms with Gasteiger partial charge in [0.25, 0.3) is 0 Å². The van der Waals surface area contributed by atoms with Crippen molar-refractivity contribution in [3.63, 3.8) is 0 Å². The lowest BCUT2D eigenvalue weighted by molar-refractivity contribution is 0.659. The first-order valence-electron chi connectivity index (χ1n) is 8.04. The van der Waals surface area contributed by atoms with E-state index in [4.69, 9.17) is 0 Å². The normalized spacial score (nSPS) is 14.4. The zero-order valence-electron chi connectivity index (χ0n) is 13.4. The van der Waals surface area contributed by atoms with Gasteiger partial charge >= 0.3 is 0 Å². The molecule has 114 valence electrons. The lowest BCUT2D eigenvalue weighted by atomic mass is 9.81. The summed E-state index contributed by atoms with van der Waals surface area (Å²) in [6, 6.07) is 24.4. The Morgan fingerprint density at radius 2 is 1.48 bits per heavy atom. The summed E-state index contributed by atoms with van der Waals surface area (Å²) in [7, 11) is 0. The molecule has 0 saturated carbocycles. The van der Waals surface area contributed by atoms with Crippen molar-refractivity contribution >= 4 is 22.6 Å². The summed E-state index contributed by atoms with van der Waals surface area (Å²) in [4.78, 5) is 0. The fourth-order valence-electron chi connectivity index (χ4n) is 3.75. The van der Waals surface area contributed by atoms with Crippen molar-refractivity contribution in [2.45, 2.75) is 25.7 Å². The summed E-state index contributed by atoms with van der Waals surface area (Å²) in [6.45, 7) is 4.69. The molecule has 23 heavy (non-hydrogen) atoms. The standard InChI is InChI=1S/C22H19I/c1-22(2)18-11-7-6-10-17(18)21-19(22)13-16(14-20(21)23)12-15-8-4-3-5-9-15/h3-11,13-14H,12H2,1-2H3. The van der Waals surface area contributed by atoms with Crippen LogP contribution in [0.25, 0.3) is 11.1 Å². The van der Waals surface area contributed by atoms with Crippen molar-refractivity contribution in [2.75, 3.05) is 0 Å². The molecular weight excluding hydrogens is 391 g/mol. The number of hydrogen-bond donors (Lipinski definition) is 0. The van der Waals surface area contributed by atoms with Crippen LogP contribution in [-0.4, -0.2) is 0 Å². The second-order valence-electron chi connectivity index (χ2n) is 6.83. The molecule has 0 N–H and O–H groups in total. The summed E-state index contributed by atoms with van der Waals surface area (Å²) in [5, 5.41) is 0. The lowest BCUT2D eigenvalue weighted by Gasteiger charge is -2.22. The molecule has 0 unspecified atom stereocenters. The number of fused-ring (bicyclic) bond motifs is 3. The zero-order valence-corrected chi connectivity index (χ0v) is 15.6. The summed E-state index contributed by atoms with van der Waals surface area (Å²) in [5.41, 5.74) is 8.61. The molecule has 3 aromatic rings. The van der Waals surface area contributed by atoms with Crippen LogP contribution in [0.3, 0.4) is 0 Å². The molecule has 0 saturated heterocycles. The van der Waals surface area contributed by atoms with Gasteiger partial charge in [0.15, 0.2) is 0 Å². The first kappa shape index (κ1) is 14.9. The fraction of sp³-hybridized carbons (Fsp3) is 0.182. The van der Waals surface area contributed by atoms with Crippen LogP contribution in [0.1, 0.15) is 36.1 Å². The Bertz CT molecular complexity index is 876. The molecule has 1 aliphatic rings. The second-order valence-corrected chi connectivity index (χ2v) is 8.00. The van der Waals surface area contributed by atoms with Gasteiger partial charge < -0.3 is 0 Å². The van der Waals surface area contributed by atoms with Crippen molar-refractivity contribution in [3.05, 3.63) is 92.6 Å².